The Kier molecular flexibility index (Phi) is 8.55. The topological polar surface area (TPSA) is 67.9 Å². The van der Waals surface area contributed by atoms with Crippen molar-refractivity contribution in [2.45, 2.75) is 58.4 Å². The van der Waals surface area contributed by atoms with Gasteiger partial charge in [0, 0.05) is 13.1 Å². The summed E-state index contributed by atoms with van der Waals surface area (Å²) in [5, 5.41) is 3.01. The summed E-state index contributed by atoms with van der Waals surface area (Å²) >= 11 is 0. The van der Waals surface area contributed by atoms with Gasteiger partial charge in [0.1, 0.15) is 5.54 Å². The van der Waals surface area contributed by atoms with E-state index in [0.29, 0.717) is 37.4 Å². The molecule has 1 aromatic rings. The minimum atomic E-state index is -0.815. The second-order valence-corrected chi connectivity index (χ2v) is 7.37. The van der Waals surface area contributed by atoms with Crippen LogP contribution in [0.5, 0.6) is 11.5 Å². The largest absolute Gasteiger partial charge is 0.493 e. The Morgan fingerprint density at radius 3 is 2.41 bits per heavy atom. The van der Waals surface area contributed by atoms with Gasteiger partial charge in [0.2, 0.25) is 5.91 Å². The number of hydrogen-bond acceptors (Lipinski definition) is 4. The first-order valence-corrected chi connectivity index (χ1v) is 10.5. The highest BCUT2D eigenvalue weighted by atomic mass is 16.5. The summed E-state index contributed by atoms with van der Waals surface area (Å²) < 4.78 is 11.1. The zero-order chi connectivity index (χ0) is 21.3. The summed E-state index contributed by atoms with van der Waals surface area (Å²) in [7, 11) is 1.57. The predicted molar refractivity (Wildman–Crippen MR) is 115 cm³/mol. The SMILES string of the molecule is C/C=C/c1ccc(OCC(=O)NC2(C(=O)N(CC)CC)CCCCC2)c(OC)c1. The Labute approximate surface area is 174 Å². The van der Waals surface area contributed by atoms with E-state index in [9.17, 15) is 9.59 Å². The fourth-order valence-corrected chi connectivity index (χ4v) is 3.91. The van der Waals surface area contributed by atoms with Crippen LogP contribution in [0.3, 0.4) is 0 Å². The molecule has 160 valence electrons. The zero-order valence-electron chi connectivity index (χ0n) is 18.1. The number of nitrogens with one attached hydrogen (secondary N) is 1. The monoisotopic (exact) mass is 402 g/mol. The minimum absolute atomic E-state index is 0.0174. The van der Waals surface area contributed by atoms with Gasteiger partial charge >= 0.3 is 0 Å². The van der Waals surface area contributed by atoms with E-state index >= 15 is 0 Å². The number of carbonyl (C=O) groups is 2. The average molecular weight is 403 g/mol. The van der Waals surface area contributed by atoms with Gasteiger partial charge in [0.15, 0.2) is 18.1 Å². The number of rotatable bonds is 9. The summed E-state index contributed by atoms with van der Waals surface area (Å²) in [6.07, 6.45) is 8.23. The van der Waals surface area contributed by atoms with Crippen molar-refractivity contribution in [3.63, 3.8) is 0 Å². The van der Waals surface area contributed by atoms with Crippen LogP contribution in [0.2, 0.25) is 0 Å². The van der Waals surface area contributed by atoms with Gasteiger partial charge in [-0.2, -0.15) is 0 Å². The lowest BCUT2D eigenvalue weighted by Crippen LogP contribution is -2.61. The highest BCUT2D eigenvalue weighted by molar-refractivity contribution is 5.92. The van der Waals surface area contributed by atoms with Gasteiger partial charge in [0.05, 0.1) is 7.11 Å². The molecule has 0 unspecified atom stereocenters. The molecule has 0 bridgehead atoms. The van der Waals surface area contributed by atoms with Crippen LogP contribution in [-0.4, -0.2) is 49.1 Å². The summed E-state index contributed by atoms with van der Waals surface area (Å²) in [4.78, 5) is 27.6. The van der Waals surface area contributed by atoms with E-state index in [1.54, 1.807) is 18.1 Å². The van der Waals surface area contributed by atoms with E-state index < -0.39 is 5.54 Å². The number of benzene rings is 1. The number of likely N-dealkylation sites (N-methyl/N-ethyl adjacent to an activating group) is 1. The molecule has 29 heavy (non-hydrogen) atoms. The number of allylic oxidation sites excluding steroid dienone is 1. The summed E-state index contributed by atoms with van der Waals surface area (Å²) in [5.41, 5.74) is 0.178. The van der Waals surface area contributed by atoms with Crippen LogP contribution in [0.4, 0.5) is 0 Å². The van der Waals surface area contributed by atoms with Crippen molar-refractivity contribution >= 4 is 17.9 Å². The number of methoxy groups -OCH3 is 1. The van der Waals surface area contributed by atoms with E-state index in [1.165, 1.54) is 0 Å². The smallest absolute Gasteiger partial charge is 0.258 e. The lowest BCUT2D eigenvalue weighted by Gasteiger charge is -2.40. The third-order valence-electron chi connectivity index (χ3n) is 5.45. The van der Waals surface area contributed by atoms with Crippen LogP contribution in [0.25, 0.3) is 6.08 Å². The molecule has 1 aromatic carbocycles. The Hall–Kier alpha value is -2.50. The van der Waals surface area contributed by atoms with E-state index in [0.717, 1.165) is 24.8 Å². The first-order chi connectivity index (χ1) is 14.0. The molecule has 6 nitrogen and oxygen atoms in total. The molecule has 1 aliphatic carbocycles. The second kappa shape index (κ2) is 10.9. The molecule has 0 heterocycles. The molecule has 0 atom stereocenters. The van der Waals surface area contributed by atoms with Crippen molar-refractivity contribution in [3.8, 4) is 11.5 Å². The Bertz CT molecular complexity index is 720. The number of hydrogen-bond donors (Lipinski definition) is 1. The number of carbonyl (C=O) groups excluding carboxylic acids is 2. The lowest BCUT2D eigenvalue weighted by atomic mass is 9.80. The Balaban J connectivity index is 2.08. The molecule has 0 spiro atoms. The summed E-state index contributed by atoms with van der Waals surface area (Å²) in [6, 6.07) is 5.56. The van der Waals surface area contributed by atoms with Crippen molar-refractivity contribution in [2.24, 2.45) is 0 Å². The fourth-order valence-electron chi connectivity index (χ4n) is 3.91. The molecule has 2 rings (SSSR count). The van der Waals surface area contributed by atoms with Crippen LogP contribution in [0.15, 0.2) is 24.3 Å². The highest BCUT2D eigenvalue weighted by Gasteiger charge is 2.42. The summed E-state index contributed by atoms with van der Waals surface area (Å²) in [6.45, 7) is 6.99. The van der Waals surface area contributed by atoms with Crippen molar-refractivity contribution in [1.29, 1.82) is 0 Å². The van der Waals surface area contributed by atoms with Gasteiger partial charge in [0.25, 0.3) is 5.91 Å². The maximum Gasteiger partial charge on any atom is 0.258 e. The standard InChI is InChI=1S/C23H34N2O4/c1-5-11-18-12-13-19(20(16-18)28-4)29-17-21(26)24-23(14-9-8-10-15-23)22(27)25(6-2)7-3/h5,11-13,16H,6-10,14-15,17H2,1-4H3,(H,24,26)/b11-5+. The van der Waals surface area contributed by atoms with Crippen molar-refractivity contribution in [3.05, 3.63) is 29.8 Å². The molecule has 0 aliphatic heterocycles. The number of nitrogens with zero attached hydrogens (tertiary/aromatic N) is 1. The minimum Gasteiger partial charge on any atom is -0.493 e. The molecule has 1 aliphatic rings. The predicted octanol–water partition coefficient (Wildman–Crippen LogP) is 3.79. The third kappa shape index (κ3) is 5.75. The van der Waals surface area contributed by atoms with Crippen LogP contribution in [-0.2, 0) is 9.59 Å². The average Bonchev–Trinajstić information content (AvgIpc) is 2.74. The van der Waals surface area contributed by atoms with Gasteiger partial charge in [-0.3, -0.25) is 9.59 Å². The third-order valence-corrected chi connectivity index (χ3v) is 5.45. The molecule has 1 fully saturated rings. The molecule has 0 aromatic heterocycles. The first-order valence-electron chi connectivity index (χ1n) is 10.5. The molecular formula is C23H34N2O4. The van der Waals surface area contributed by atoms with E-state index in [4.69, 9.17) is 9.47 Å². The van der Waals surface area contributed by atoms with Gasteiger partial charge in [-0.25, -0.2) is 0 Å². The van der Waals surface area contributed by atoms with Gasteiger partial charge in [-0.05, 0) is 51.3 Å². The van der Waals surface area contributed by atoms with E-state index in [-0.39, 0.29) is 18.4 Å². The first kappa shape index (κ1) is 22.8. The van der Waals surface area contributed by atoms with Gasteiger partial charge < -0.3 is 19.7 Å². The van der Waals surface area contributed by atoms with Crippen molar-refractivity contribution in [1.82, 2.24) is 10.2 Å². The van der Waals surface area contributed by atoms with E-state index in [2.05, 4.69) is 5.32 Å². The second-order valence-electron chi connectivity index (χ2n) is 7.37. The molecular weight excluding hydrogens is 368 g/mol. The molecule has 0 radical (unpaired) electrons. The van der Waals surface area contributed by atoms with Crippen LogP contribution in [0.1, 0.15) is 58.4 Å². The van der Waals surface area contributed by atoms with E-state index in [1.807, 2.05) is 45.1 Å². The zero-order valence-corrected chi connectivity index (χ0v) is 18.1. The lowest BCUT2D eigenvalue weighted by molar-refractivity contribution is -0.143. The molecule has 0 saturated heterocycles. The molecule has 1 saturated carbocycles. The molecule has 1 N–H and O–H groups in total. The number of ether oxygens (including phenoxy) is 2. The maximum atomic E-state index is 13.1. The molecule has 2 amide bonds. The highest BCUT2D eigenvalue weighted by Crippen LogP contribution is 2.31. The van der Waals surface area contributed by atoms with Crippen molar-refractivity contribution in [2.75, 3.05) is 26.8 Å². The Morgan fingerprint density at radius 1 is 1.14 bits per heavy atom. The fraction of sp³-hybridized carbons (Fsp3) is 0.565. The molecule has 6 heteroatoms. The van der Waals surface area contributed by atoms with Gasteiger partial charge in [-0.1, -0.05) is 37.5 Å². The number of amides is 2. The Morgan fingerprint density at radius 2 is 1.83 bits per heavy atom. The summed E-state index contributed by atoms with van der Waals surface area (Å²) in [5.74, 6) is 0.805. The maximum absolute atomic E-state index is 13.1. The van der Waals surface area contributed by atoms with Crippen LogP contribution < -0.4 is 14.8 Å². The van der Waals surface area contributed by atoms with Crippen molar-refractivity contribution < 1.29 is 19.1 Å². The van der Waals surface area contributed by atoms with Crippen LogP contribution in [0, 0.1) is 0 Å². The van der Waals surface area contributed by atoms with Gasteiger partial charge in [-0.15, -0.1) is 0 Å². The quantitative estimate of drug-likeness (QED) is 0.682. The normalized spacial score (nSPS) is 15.7. The van der Waals surface area contributed by atoms with Crippen LogP contribution >= 0.6 is 0 Å².